The van der Waals surface area contributed by atoms with Gasteiger partial charge in [0, 0.05) is 14.1 Å². The Morgan fingerprint density at radius 1 is 0.871 bits per heavy atom. The molecule has 3 aromatic carbocycles. The molecule has 0 saturated carbocycles. The van der Waals surface area contributed by atoms with E-state index in [2.05, 4.69) is 0 Å². The molecule has 5 rings (SSSR count). The van der Waals surface area contributed by atoms with Crippen LogP contribution in [0.25, 0.3) is 27.9 Å². The van der Waals surface area contributed by atoms with Crippen molar-refractivity contribution in [1.82, 2.24) is 14.0 Å². The van der Waals surface area contributed by atoms with Crippen molar-refractivity contribution in [3.8, 4) is 0 Å². The molecule has 0 spiro atoms. The summed E-state index contributed by atoms with van der Waals surface area (Å²) in [6.45, 7) is 0.232. The summed E-state index contributed by atoms with van der Waals surface area (Å²) in [5.74, 6) is -0.301. The van der Waals surface area contributed by atoms with E-state index in [-0.39, 0.29) is 23.4 Å². The molecule has 1 aromatic heterocycles. The molecular weight excluding hydrogens is 410 g/mol. The minimum absolute atomic E-state index is 0.109. The molecule has 1 aliphatic heterocycles. The number of amides is 2. The van der Waals surface area contributed by atoms with Gasteiger partial charge in [-0.05, 0) is 51.9 Å². The van der Waals surface area contributed by atoms with E-state index in [1.807, 2.05) is 60.7 Å². The Balaban J connectivity index is 1.47. The van der Waals surface area contributed by atoms with Gasteiger partial charge in [-0.15, -0.1) is 0 Å². The van der Waals surface area contributed by atoms with E-state index < -0.39 is 0 Å². The zero-order chi connectivity index (χ0) is 21.7. The fourth-order valence-electron chi connectivity index (χ4n) is 4.00. The number of imidazole rings is 1. The Labute approximate surface area is 182 Å². The van der Waals surface area contributed by atoms with Gasteiger partial charge in [-0.25, -0.2) is 4.79 Å². The van der Waals surface area contributed by atoms with E-state index in [1.165, 1.54) is 4.90 Å². The number of imide groups is 1. The average Bonchev–Trinajstić information content (AvgIpc) is 3.16. The highest BCUT2D eigenvalue weighted by atomic mass is 32.2. The summed E-state index contributed by atoms with van der Waals surface area (Å²) >= 11 is 0.944. The first-order chi connectivity index (χ1) is 14.9. The van der Waals surface area contributed by atoms with E-state index in [0.717, 1.165) is 44.7 Å². The molecule has 0 unspecified atom stereocenters. The van der Waals surface area contributed by atoms with Crippen LogP contribution in [0, 0.1) is 0 Å². The summed E-state index contributed by atoms with van der Waals surface area (Å²) in [4.78, 5) is 39.4. The highest BCUT2D eigenvalue weighted by Crippen LogP contribution is 2.34. The van der Waals surface area contributed by atoms with Crippen molar-refractivity contribution in [2.45, 2.75) is 6.54 Å². The van der Waals surface area contributed by atoms with Crippen molar-refractivity contribution >= 4 is 50.8 Å². The van der Waals surface area contributed by atoms with Crippen molar-refractivity contribution in [3.05, 3.63) is 87.2 Å². The van der Waals surface area contributed by atoms with Crippen LogP contribution in [0.4, 0.5) is 4.79 Å². The van der Waals surface area contributed by atoms with Crippen LogP contribution in [-0.2, 0) is 25.4 Å². The van der Waals surface area contributed by atoms with E-state index in [1.54, 1.807) is 29.3 Å². The molecule has 6 nitrogen and oxygen atoms in total. The molecule has 2 heterocycles. The molecule has 31 heavy (non-hydrogen) atoms. The second-order valence-electron chi connectivity index (χ2n) is 7.55. The largest absolute Gasteiger partial charge is 0.328 e. The minimum Gasteiger partial charge on any atom is -0.295 e. The van der Waals surface area contributed by atoms with Crippen molar-refractivity contribution in [2.75, 3.05) is 0 Å². The van der Waals surface area contributed by atoms with Gasteiger partial charge >= 0.3 is 5.69 Å². The number of carbonyl (C=O) groups is 2. The van der Waals surface area contributed by atoms with Crippen LogP contribution in [0.3, 0.4) is 0 Å². The summed E-state index contributed by atoms with van der Waals surface area (Å²) in [6.07, 6.45) is 1.71. The predicted octanol–water partition coefficient (Wildman–Crippen LogP) is 4.27. The number of benzene rings is 3. The molecule has 154 valence electrons. The maximum Gasteiger partial charge on any atom is 0.328 e. The number of hydrogen-bond donors (Lipinski definition) is 0. The second kappa shape index (κ2) is 7.28. The minimum atomic E-state index is -0.301. The number of nitrogens with zero attached hydrogens (tertiary/aromatic N) is 3. The first-order valence-corrected chi connectivity index (χ1v) is 10.6. The molecule has 0 bridgehead atoms. The second-order valence-corrected chi connectivity index (χ2v) is 8.55. The Bertz CT molecular complexity index is 1470. The summed E-state index contributed by atoms with van der Waals surface area (Å²) in [5.41, 5.74) is 3.18. The molecule has 0 atom stereocenters. The van der Waals surface area contributed by atoms with Gasteiger partial charge in [0.05, 0.1) is 22.5 Å². The number of aryl methyl sites for hydroxylation is 2. The first-order valence-electron chi connectivity index (χ1n) is 9.81. The van der Waals surface area contributed by atoms with Crippen molar-refractivity contribution in [2.24, 2.45) is 14.1 Å². The molecule has 1 fully saturated rings. The average molecular weight is 430 g/mol. The Morgan fingerprint density at radius 3 is 2.45 bits per heavy atom. The monoisotopic (exact) mass is 429 g/mol. The van der Waals surface area contributed by atoms with E-state index in [4.69, 9.17) is 0 Å². The third-order valence-corrected chi connectivity index (χ3v) is 6.58. The van der Waals surface area contributed by atoms with Crippen LogP contribution in [0.2, 0.25) is 0 Å². The standard InChI is InChI=1S/C24H19N3O3S/c1-25-19-11-10-15(12-20(19)26(2)23(25)29)13-21-22(28)27(24(30)31-21)14-17-8-5-7-16-6-3-4-9-18(16)17/h3-13H,14H2,1-2H3/b21-13-. The van der Waals surface area contributed by atoms with Crippen LogP contribution in [-0.4, -0.2) is 25.2 Å². The molecule has 0 N–H and O–H groups in total. The Hall–Kier alpha value is -3.58. The quantitative estimate of drug-likeness (QED) is 0.457. The molecule has 0 aliphatic carbocycles. The van der Waals surface area contributed by atoms with Crippen LogP contribution in [0.5, 0.6) is 0 Å². The van der Waals surface area contributed by atoms with Crippen LogP contribution in [0.15, 0.2) is 70.4 Å². The summed E-state index contributed by atoms with van der Waals surface area (Å²) < 4.78 is 3.15. The third-order valence-electron chi connectivity index (χ3n) is 5.68. The smallest absolute Gasteiger partial charge is 0.295 e. The zero-order valence-electron chi connectivity index (χ0n) is 17.0. The van der Waals surface area contributed by atoms with Gasteiger partial charge in [0.25, 0.3) is 11.1 Å². The van der Waals surface area contributed by atoms with Gasteiger partial charge in [0.2, 0.25) is 0 Å². The number of carbonyl (C=O) groups excluding carboxylic acids is 2. The molecule has 1 aliphatic rings. The third kappa shape index (κ3) is 3.18. The van der Waals surface area contributed by atoms with Crippen LogP contribution in [0.1, 0.15) is 11.1 Å². The molecule has 4 aromatic rings. The van der Waals surface area contributed by atoms with Gasteiger partial charge in [-0.3, -0.25) is 23.6 Å². The Kier molecular flexibility index (Phi) is 4.55. The molecule has 7 heteroatoms. The van der Waals surface area contributed by atoms with Gasteiger partial charge in [-0.1, -0.05) is 48.5 Å². The number of rotatable bonds is 3. The zero-order valence-corrected chi connectivity index (χ0v) is 17.8. The maximum absolute atomic E-state index is 13.0. The number of hydrogen-bond acceptors (Lipinski definition) is 4. The van der Waals surface area contributed by atoms with Crippen LogP contribution < -0.4 is 5.69 Å². The predicted molar refractivity (Wildman–Crippen MR) is 124 cm³/mol. The lowest BCUT2D eigenvalue weighted by Crippen LogP contribution is -2.27. The van der Waals surface area contributed by atoms with E-state index >= 15 is 0 Å². The topological polar surface area (TPSA) is 64.3 Å². The fraction of sp³-hybridized carbons (Fsp3) is 0.125. The lowest BCUT2D eigenvalue weighted by atomic mass is 10.0. The number of thioether (sulfide) groups is 1. The highest BCUT2D eigenvalue weighted by Gasteiger charge is 2.35. The summed E-state index contributed by atoms with van der Waals surface area (Å²) in [7, 11) is 3.44. The van der Waals surface area contributed by atoms with Crippen molar-refractivity contribution < 1.29 is 9.59 Å². The van der Waals surface area contributed by atoms with Crippen molar-refractivity contribution in [3.63, 3.8) is 0 Å². The Morgan fingerprint density at radius 2 is 1.61 bits per heavy atom. The molecule has 2 amide bonds. The van der Waals surface area contributed by atoms with Crippen molar-refractivity contribution in [1.29, 1.82) is 0 Å². The van der Waals surface area contributed by atoms with Crippen LogP contribution >= 0.6 is 11.8 Å². The summed E-state index contributed by atoms with van der Waals surface area (Å²) in [6, 6.07) is 19.4. The molecular formula is C24H19N3O3S. The lowest BCUT2D eigenvalue weighted by Gasteiger charge is -2.14. The maximum atomic E-state index is 13.0. The first kappa shape index (κ1) is 19.4. The lowest BCUT2D eigenvalue weighted by molar-refractivity contribution is -0.123. The van der Waals surface area contributed by atoms with Gasteiger partial charge < -0.3 is 0 Å². The molecule has 0 radical (unpaired) electrons. The highest BCUT2D eigenvalue weighted by molar-refractivity contribution is 8.18. The fourth-order valence-corrected chi connectivity index (χ4v) is 4.84. The van der Waals surface area contributed by atoms with E-state index in [9.17, 15) is 14.4 Å². The summed E-state index contributed by atoms with van der Waals surface area (Å²) in [5, 5.41) is 1.82. The van der Waals surface area contributed by atoms with E-state index in [0.29, 0.717) is 4.91 Å². The van der Waals surface area contributed by atoms with Gasteiger partial charge in [-0.2, -0.15) is 0 Å². The SMILES string of the molecule is Cn1c(=O)n(C)c2cc(/C=C3\SC(=O)N(Cc4cccc5ccccc45)C3=O)ccc21. The van der Waals surface area contributed by atoms with Gasteiger partial charge in [0.1, 0.15) is 0 Å². The number of aromatic nitrogens is 2. The molecule has 1 saturated heterocycles. The normalized spacial score (nSPS) is 15.7. The van der Waals surface area contributed by atoms with Gasteiger partial charge in [0.15, 0.2) is 0 Å². The number of fused-ring (bicyclic) bond motifs is 2.